The van der Waals surface area contributed by atoms with Crippen LogP contribution in [0.2, 0.25) is 0 Å². The molecule has 2 unspecified atom stereocenters. The second-order valence-corrected chi connectivity index (χ2v) is 4.73. The molecule has 5 nitrogen and oxygen atoms in total. The molecular formula is C11H20N2O3. The molecule has 2 atom stereocenters. The molecule has 92 valence electrons. The summed E-state index contributed by atoms with van der Waals surface area (Å²) in [6.07, 6.45) is 2.64. The van der Waals surface area contributed by atoms with E-state index < -0.39 is 17.3 Å². The first-order chi connectivity index (χ1) is 7.43. The van der Waals surface area contributed by atoms with Crippen molar-refractivity contribution < 1.29 is 14.7 Å². The number of carboxylic acid groups (broad SMARTS) is 1. The van der Waals surface area contributed by atoms with Crippen molar-refractivity contribution in [3.63, 3.8) is 0 Å². The molecule has 1 fully saturated rings. The van der Waals surface area contributed by atoms with Gasteiger partial charge in [-0.2, -0.15) is 0 Å². The molecule has 0 aromatic carbocycles. The van der Waals surface area contributed by atoms with Gasteiger partial charge in [0, 0.05) is 12.6 Å². The van der Waals surface area contributed by atoms with Crippen LogP contribution in [0.1, 0.15) is 33.1 Å². The Morgan fingerprint density at radius 1 is 1.44 bits per heavy atom. The SMILES string of the molecule is CC(NC(=O)C1(CN)CCC1)C(C)C(=O)O. The Labute approximate surface area is 95.4 Å². The molecule has 4 N–H and O–H groups in total. The van der Waals surface area contributed by atoms with Crippen LogP contribution in [0.15, 0.2) is 0 Å². The Morgan fingerprint density at radius 3 is 2.31 bits per heavy atom. The minimum absolute atomic E-state index is 0.0955. The standard InChI is InChI=1S/C11H20N2O3/c1-7(9(14)15)8(2)13-10(16)11(6-12)4-3-5-11/h7-8H,3-6,12H2,1-2H3,(H,13,16)(H,14,15). The molecule has 1 saturated carbocycles. The third kappa shape index (κ3) is 2.35. The number of hydrogen-bond donors (Lipinski definition) is 3. The van der Waals surface area contributed by atoms with Crippen LogP contribution >= 0.6 is 0 Å². The van der Waals surface area contributed by atoms with Crippen LogP contribution in [-0.4, -0.2) is 29.6 Å². The smallest absolute Gasteiger partial charge is 0.308 e. The molecule has 0 aromatic heterocycles. The monoisotopic (exact) mass is 228 g/mol. The van der Waals surface area contributed by atoms with Crippen LogP contribution in [0.5, 0.6) is 0 Å². The second-order valence-electron chi connectivity index (χ2n) is 4.73. The Bertz CT molecular complexity index is 281. The van der Waals surface area contributed by atoms with Crippen molar-refractivity contribution >= 4 is 11.9 Å². The molecule has 1 rings (SSSR count). The maximum Gasteiger partial charge on any atom is 0.308 e. The summed E-state index contributed by atoms with van der Waals surface area (Å²) in [4.78, 5) is 22.7. The van der Waals surface area contributed by atoms with E-state index in [0.717, 1.165) is 19.3 Å². The van der Waals surface area contributed by atoms with E-state index in [1.165, 1.54) is 0 Å². The minimum Gasteiger partial charge on any atom is -0.481 e. The van der Waals surface area contributed by atoms with Crippen molar-refractivity contribution in [2.75, 3.05) is 6.54 Å². The van der Waals surface area contributed by atoms with Crippen LogP contribution in [0, 0.1) is 11.3 Å². The van der Waals surface area contributed by atoms with Gasteiger partial charge in [0.15, 0.2) is 0 Å². The van der Waals surface area contributed by atoms with Crippen LogP contribution in [0.3, 0.4) is 0 Å². The van der Waals surface area contributed by atoms with Crippen molar-refractivity contribution in [1.82, 2.24) is 5.32 Å². The highest BCUT2D eigenvalue weighted by atomic mass is 16.4. The second kappa shape index (κ2) is 4.82. The number of aliphatic carboxylic acids is 1. The van der Waals surface area contributed by atoms with E-state index in [2.05, 4.69) is 5.32 Å². The lowest BCUT2D eigenvalue weighted by molar-refractivity contribution is -0.143. The average molecular weight is 228 g/mol. The van der Waals surface area contributed by atoms with Gasteiger partial charge < -0.3 is 16.2 Å². The molecule has 1 amide bonds. The van der Waals surface area contributed by atoms with E-state index in [1.807, 2.05) is 0 Å². The molecule has 0 spiro atoms. The molecule has 1 aliphatic carbocycles. The molecule has 5 heteroatoms. The number of rotatable bonds is 5. The van der Waals surface area contributed by atoms with Gasteiger partial charge in [-0.15, -0.1) is 0 Å². The first-order valence-corrected chi connectivity index (χ1v) is 5.67. The fraction of sp³-hybridized carbons (Fsp3) is 0.818. The minimum atomic E-state index is -0.900. The lowest BCUT2D eigenvalue weighted by Crippen LogP contribution is -2.53. The van der Waals surface area contributed by atoms with Crippen molar-refractivity contribution in [2.45, 2.75) is 39.2 Å². The molecule has 0 saturated heterocycles. The summed E-state index contributed by atoms with van der Waals surface area (Å²) in [5, 5.41) is 11.6. The largest absolute Gasteiger partial charge is 0.481 e. The van der Waals surface area contributed by atoms with Crippen LogP contribution < -0.4 is 11.1 Å². The zero-order valence-corrected chi connectivity index (χ0v) is 9.82. The molecule has 0 heterocycles. The number of carbonyl (C=O) groups excluding carboxylic acids is 1. The van der Waals surface area contributed by atoms with E-state index in [4.69, 9.17) is 10.8 Å². The van der Waals surface area contributed by atoms with E-state index >= 15 is 0 Å². The highest BCUT2D eigenvalue weighted by Crippen LogP contribution is 2.40. The Hall–Kier alpha value is -1.10. The quantitative estimate of drug-likeness (QED) is 0.632. The Kier molecular flexibility index (Phi) is 3.91. The fourth-order valence-corrected chi connectivity index (χ4v) is 1.83. The molecule has 0 aromatic rings. The van der Waals surface area contributed by atoms with E-state index in [-0.39, 0.29) is 11.9 Å². The van der Waals surface area contributed by atoms with Crippen molar-refractivity contribution in [1.29, 1.82) is 0 Å². The van der Waals surface area contributed by atoms with E-state index in [1.54, 1.807) is 13.8 Å². The molecule has 0 radical (unpaired) electrons. The average Bonchev–Trinajstić information content (AvgIpc) is 2.15. The summed E-state index contributed by atoms with van der Waals surface area (Å²) in [6.45, 7) is 3.63. The zero-order chi connectivity index (χ0) is 12.3. The summed E-state index contributed by atoms with van der Waals surface area (Å²) < 4.78 is 0. The van der Waals surface area contributed by atoms with Crippen LogP contribution in [0.4, 0.5) is 0 Å². The maximum atomic E-state index is 11.9. The molecule has 0 bridgehead atoms. The lowest BCUT2D eigenvalue weighted by atomic mass is 9.68. The van der Waals surface area contributed by atoms with Crippen molar-refractivity contribution in [2.24, 2.45) is 17.1 Å². The zero-order valence-electron chi connectivity index (χ0n) is 9.82. The lowest BCUT2D eigenvalue weighted by Gasteiger charge is -2.40. The van der Waals surface area contributed by atoms with Gasteiger partial charge in [0.2, 0.25) is 5.91 Å². The number of amides is 1. The summed E-state index contributed by atoms with van der Waals surface area (Å²) in [6, 6.07) is -0.367. The van der Waals surface area contributed by atoms with Crippen molar-refractivity contribution in [3.8, 4) is 0 Å². The molecule has 16 heavy (non-hydrogen) atoms. The third-order valence-corrected chi connectivity index (χ3v) is 3.68. The number of nitrogens with two attached hydrogens (primary N) is 1. The first-order valence-electron chi connectivity index (χ1n) is 5.67. The highest BCUT2D eigenvalue weighted by molar-refractivity contribution is 5.84. The van der Waals surface area contributed by atoms with Gasteiger partial charge in [-0.3, -0.25) is 9.59 Å². The topological polar surface area (TPSA) is 92.4 Å². The number of carboxylic acids is 1. The van der Waals surface area contributed by atoms with E-state index in [0.29, 0.717) is 6.54 Å². The highest BCUT2D eigenvalue weighted by Gasteiger charge is 2.43. The summed E-state index contributed by atoms with van der Waals surface area (Å²) in [5.41, 5.74) is 5.17. The first kappa shape index (κ1) is 13.0. The summed E-state index contributed by atoms with van der Waals surface area (Å²) in [7, 11) is 0. The van der Waals surface area contributed by atoms with Gasteiger partial charge in [0.1, 0.15) is 0 Å². The van der Waals surface area contributed by atoms with Gasteiger partial charge in [-0.05, 0) is 26.7 Å². The van der Waals surface area contributed by atoms with Gasteiger partial charge in [0.25, 0.3) is 0 Å². The van der Waals surface area contributed by atoms with Crippen LogP contribution in [-0.2, 0) is 9.59 Å². The van der Waals surface area contributed by atoms with Gasteiger partial charge >= 0.3 is 5.97 Å². The number of hydrogen-bond acceptors (Lipinski definition) is 3. The Morgan fingerprint density at radius 2 is 2.00 bits per heavy atom. The van der Waals surface area contributed by atoms with Gasteiger partial charge in [-0.1, -0.05) is 6.42 Å². The molecule has 1 aliphatic rings. The van der Waals surface area contributed by atoms with Gasteiger partial charge in [0.05, 0.1) is 11.3 Å². The predicted octanol–water partition coefficient (Wildman–Crippen LogP) is 0.341. The predicted molar refractivity (Wildman–Crippen MR) is 59.7 cm³/mol. The van der Waals surface area contributed by atoms with Crippen molar-refractivity contribution in [3.05, 3.63) is 0 Å². The van der Waals surface area contributed by atoms with Gasteiger partial charge in [-0.25, -0.2) is 0 Å². The fourth-order valence-electron chi connectivity index (χ4n) is 1.83. The number of nitrogens with one attached hydrogen (secondary N) is 1. The third-order valence-electron chi connectivity index (χ3n) is 3.68. The normalized spacial score (nSPS) is 21.7. The van der Waals surface area contributed by atoms with E-state index in [9.17, 15) is 9.59 Å². The van der Waals surface area contributed by atoms with Crippen LogP contribution in [0.25, 0.3) is 0 Å². The molecule has 0 aliphatic heterocycles. The maximum absolute atomic E-state index is 11.9. The number of carbonyl (C=O) groups is 2. The Balaban J connectivity index is 2.54. The summed E-state index contributed by atoms with van der Waals surface area (Å²) in [5.74, 6) is -1.58. The summed E-state index contributed by atoms with van der Waals surface area (Å²) >= 11 is 0. The molecular weight excluding hydrogens is 208 g/mol.